The van der Waals surface area contributed by atoms with Crippen molar-refractivity contribution in [3.63, 3.8) is 0 Å². The predicted octanol–water partition coefficient (Wildman–Crippen LogP) is 13.2. The normalized spacial score (nSPS) is 28.6. The Morgan fingerprint density at radius 2 is 1.24 bits per heavy atom. The van der Waals surface area contributed by atoms with Crippen LogP contribution in [0.3, 0.4) is 0 Å². The Kier molecular flexibility index (Phi) is 7.86. The zero-order valence-electron chi connectivity index (χ0n) is 36.6. The summed E-state index contributed by atoms with van der Waals surface area (Å²) in [6.07, 6.45) is 47.6. The largest absolute Gasteiger partial charge is 0.496 e. The van der Waals surface area contributed by atoms with E-state index >= 15 is 0 Å². The lowest BCUT2D eigenvalue weighted by Crippen LogP contribution is -2.29. The van der Waals surface area contributed by atoms with Gasteiger partial charge in [-0.05, 0) is 152 Å². The zero-order chi connectivity index (χ0) is 42.4. The Bertz CT molecular complexity index is 3200. The fourth-order valence-electron chi connectivity index (χ4n) is 12.7. The number of benzene rings is 1. The Morgan fingerprint density at radius 3 is 2.00 bits per heavy atom. The summed E-state index contributed by atoms with van der Waals surface area (Å²) in [6.45, 7) is 6.66. The van der Waals surface area contributed by atoms with Gasteiger partial charge in [0.15, 0.2) is 0 Å². The van der Waals surface area contributed by atoms with E-state index < -0.39 is 0 Å². The molecule has 1 aromatic carbocycles. The van der Waals surface area contributed by atoms with Gasteiger partial charge in [0.25, 0.3) is 0 Å². The highest BCUT2D eigenvalue weighted by molar-refractivity contribution is 5.94. The van der Waals surface area contributed by atoms with Crippen molar-refractivity contribution in [2.45, 2.75) is 39.2 Å². The summed E-state index contributed by atoms with van der Waals surface area (Å²) < 4.78 is 19.0. The maximum absolute atomic E-state index is 6.39. The second kappa shape index (κ2) is 13.4. The summed E-state index contributed by atoms with van der Waals surface area (Å²) in [6, 6.07) is 7.36. The molecule has 0 amide bonds. The Morgan fingerprint density at radius 1 is 0.524 bits per heavy atom. The number of allylic oxidation sites excluding steroid dienone is 36. The summed E-state index contributed by atoms with van der Waals surface area (Å²) in [4.78, 5) is 0. The third-order valence-electron chi connectivity index (χ3n) is 15.2. The van der Waals surface area contributed by atoms with Gasteiger partial charge in [0.05, 0.1) is 14.2 Å². The van der Waals surface area contributed by atoms with Crippen LogP contribution in [0.15, 0.2) is 252 Å². The molecular weight excluding hydrogens is 769 g/mol. The molecule has 0 saturated carbocycles. The van der Waals surface area contributed by atoms with E-state index in [1.807, 2.05) is 21.3 Å². The van der Waals surface area contributed by atoms with E-state index in [1.54, 1.807) is 0 Å². The third-order valence-corrected chi connectivity index (χ3v) is 15.2. The SMILES string of the molecule is COC1=CC(c2cc(C3=CC(OC)=C4C=CC5=C6C(=CC=C3C46)C=C(C)C5)cc(C3=CC(OC)C4=CC=C5C=C(C)C=C6C=CC3=C4C56)c2)C2=C3C1=CC=C1C=C(C)C=C(C=C2)C13. The van der Waals surface area contributed by atoms with E-state index in [2.05, 4.69) is 160 Å². The average Bonchev–Trinajstić information content (AvgIpc) is 3.30. The summed E-state index contributed by atoms with van der Waals surface area (Å²) in [7, 11) is 5.50. The van der Waals surface area contributed by atoms with Crippen LogP contribution < -0.4 is 0 Å². The van der Waals surface area contributed by atoms with E-state index in [0.29, 0.717) is 0 Å². The van der Waals surface area contributed by atoms with Gasteiger partial charge in [-0.3, -0.25) is 0 Å². The average molecular weight is 817 g/mol. The molecule has 0 bridgehead atoms. The highest BCUT2D eigenvalue weighted by Crippen LogP contribution is 2.57. The first-order valence-electron chi connectivity index (χ1n) is 22.4. The molecule has 0 spiro atoms. The monoisotopic (exact) mass is 816 g/mol. The van der Waals surface area contributed by atoms with Crippen LogP contribution in [0.2, 0.25) is 0 Å². The highest BCUT2D eigenvalue weighted by atomic mass is 16.5. The van der Waals surface area contributed by atoms with Crippen molar-refractivity contribution in [2.24, 2.45) is 17.8 Å². The molecule has 306 valence electrons. The molecule has 13 rings (SSSR count). The Balaban J connectivity index is 1.05. The van der Waals surface area contributed by atoms with Crippen LogP contribution in [-0.4, -0.2) is 27.4 Å². The molecule has 0 saturated heterocycles. The molecule has 0 fully saturated rings. The predicted molar refractivity (Wildman–Crippen MR) is 255 cm³/mol. The zero-order valence-corrected chi connectivity index (χ0v) is 36.6. The van der Waals surface area contributed by atoms with Crippen LogP contribution in [0.1, 0.15) is 49.8 Å². The minimum Gasteiger partial charge on any atom is -0.496 e. The molecule has 5 atom stereocenters. The summed E-state index contributed by atoms with van der Waals surface area (Å²) in [5.41, 5.74) is 29.9. The maximum atomic E-state index is 6.39. The molecule has 12 aliphatic carbocycles. The second-order valence-electron chi connectivity index (χ2n) is 18.8. The number of hydrogen-bond acceptors (Lipinski definition) is 3. The van der Waals surface area contributed by atoms with Crippen molar-refractivity contribution in [2.75, 3.05) is 21.3 Å². The van der Waals surface area contributed by atoms with Gasteiger partial charge in [0.1, 0.15) is 17.6 Å². The number of rotatable bonds is 6. The van der Waals surface area contributed by atoms with E-state index in [1.165, 1.54) is 128 Å². The standard InChI is InChI=1S/C60H48O3/c1-31-19-34-7-13-43-49(28-52(61-4)46-16-10-37(22-31)55(34)58(43)46)40-25-41(50-29-53(62-5)47-17-11-38-23-32(2)20-35-8-14-44(50)59(47)56(35)38)27-42(26-40)51-30-54(63-6)48-18-12-39-24-33(3)21-36-9-15-45(51)60(48)57(36)39/h7-23,25-30,49,53,55-56,60H,24H2,1-6H3. The third kappa shape index (κ3) is 5.24. The van der Waals surface area contributed by atoms with Crippen LogP contribution in [-0.2, 0) is 14.2 Å². The van der Waals surface area contributed by atoms with Crippen LogP contribution in [0.5, 0.6) is 0 Å². The lowest BCUT2D eigenvalue weighted by Gasteiger charge is -2.41. The molecule has 1 aromatic rings. The van der Waals surface area contributed by atoms with Crippen LogP contribution >= 0.6 is 0 Å². The highest BCUT2D eigenvalue weighted by Gasteiger charge is 2.42. The van der Waals surface area contributed by atoms with Crippen LogP contribution in [0.4, 0.5) is 0 Å². The van der Waals surface area contributed by atoms with Crippen molar-refractivity contribution < 1.29 is 14.2 Å². The second-order valence-corrected chi connectivity index (χ2v) is 18.8. The number of hydrogen-bond donors (Lipinski definition) is 0. The molecule has 63 heavy (non-hydrogen) atoms. The lowest BCUT2D eigenvalue weighted by molar-refractivity contribution is 0.168. The van der Waals surface area contributed by atoms with Gasteiger partial charge in [0, 0.05) is 41.9 Å². The van der Waals surface area contributed by atoms with Gasteiger partial charge in [0.2, 0.25) is 0 Å². The van der Waals surface area contributed by atoms with Crippen molar-refractivity contribution >= 4 is 11.1 Å². The molecule has 0 radical (unpaired) electrons. The van der Waals surface area contributed by atoms with Gasteiger partial charge in [-0.1, -0.05) is 132 Å². The molecular formula is C60H48O3. The van der Waals surface area contributed by atoms with E-state index in [0.717, 1.165) is 17.9 Å². The Hall–Kier alpha value is -6.68. The maximum Gasteiger partial charge on any atom is 0.123 e. The molecule has 3 nitrogen and oxygen atoms in total. The van der Waals surface area contributed by atoms with Crippen molar-refractivity contribution in [3.8, 4) is 0 Å². The van der Waals surface area contributed by atoms with Crippen LogP contribution in [0.25, 0.3) is 11.1 Å². The van der Waals surface area contributed by atoms with E-state index in [9.17, 15) is 0 Å². The number of ether oxygens (including phenoxy) is 3. The fourth-order valence-corrected chi connectivity index (χ4v) is 12.7. The topological polar surface area (TPSA) is 27.7 Å². The first kappa shape index (κ1) is 36.9. The minimum absolute atomic E-state index is 0.0417. The summed E-state index contributed by atoms with van der Waals surface area (Å²) in [5.74, 6) is 2.30. The fraction of sp³-hybridized carbons (Fsp3) is 0.200. The van der Waals surface area contributed by atoms with Gasteiger partial charge < -0.3 is 14.2 Å². The van der Waals surface area contributed by atoms with Crippen molar-refractivity contribution in [3.05, 3.63) is 268 Å². The molecule has 0 N–H and O–H groups in total. The summed E-state index contributed by atoms with van der Waals surface area (Å²) >= 11 is 0. The van der Waals surface area contributed by atoms with Gasteiger partial charge in [-0.25, -0.2) is 0 Å². The molecule has 3 heteroatoms. The molecule has 0 heterocycles. The Labute approximate surface area is 370 Å². The van der Waals surface area contributed by atoms with Crippen molar-refractivity contribution in [1.29, 1.82) is 0 Å². The van der Waals surface area contributed by atoms with Crippen LogP contribution in [0, 0.1) is 17.8 Å². The first-order valence-corrected chi connectivity index (χ1v) is 22.4. The van der Waals surface area contributed by atoms with Gasteiger partial charge in [-0.2, -0.15) is 0 Å². The molecule has 0 aromatic heterocycles. The van der Waals surface area contributed by atoms with Crippen molar-refractivity contribution in [1.82, 2.24) is 0 Å². The minimum atomic E-state index is -0.177. The lowest BCUT2D eigenvalue weighted by atomic mass is 9.64. The van der Waals surface area contributed by atoms with E-state index in [-0.39, 0.29) is 29.8 Å². The summed E-state index contributed by atoms with van der Waals surface area (Å²) in [5, 5.41) is 0. The molecule has 12 aliphatic rings. The van der Waals surface area contributed by atoms with Gasteiger partial charge >= 0.3 is 0 Å². The van der Waals surface area contributed by atoms with E-state index in [4.69, 9.17) is 14.2 Å². The number of methoxy groups -OCH3 is 3. The molecule has 5 unspecified atom stereocenters. The molecule has 0 aliphatic heterocycles. The van der Waals surface area contributed by atoms with Gasteiger partial charge in [-0.15, -0.1) is 0 Å². The quantitative estimate of drug-likeness (QED) is 0.286. The first-order chi connectivity index (χ1) is 30.8. The smallest absolute Gasteiger partial charge is 0.123 e.